The van der Waals surface area contributed by atoms with Crippen molar-refractivity contribution < 1.29 is 4.74 Å². The smallest absolute Gasteiger partial charge is 0.122 e. The minimum Gasteiger partial charge on any atom is -0.493 e. The summed E-state index contributed by atoms with van der Waals surface area (Å²) in [6.07, 6.45) is 2.95. The summed E-state index contributed by atoms with van der Waals surface area (Å²) in [4.78, 5) is 4.30. The summed E-state index contributed by atoms with van der Waals surface area (Å²) in [5.41, 5.74) is 1.04. The third-order valence-electron chi connectivity index (χ3n) is 2.10. The Morgan fingerprint density at radius 3 is 2.94 bits per heavy atom. The van der Waals surface area contributed by atoms with E-state index >= 15 is 0 Å². The first-order chi connectivity index (χ1) is 7.72. The van der Waals surface area contributed by atoms with Crippen LogP contribution in [0.25, 0.3) is 0 Å². The second-order valence-electron chi connectivity index (χ2n) is 4.36. The average Bonchev–Trinajstić information content (AvgIpc) is 2.27. The number of hydrogen-bond donors (Lipinski definition) is 1. The Morgan fingerprint density at radius 1 is 1.44 bits per heavy atom. The molecule has 3 nitrogen and oxygen atoms in total. The molecule has 1 rings (SSSR count). The van der Waals surface area contributed by atoms with Crippen LogP contribution in [-0.2, 0) is 6.54 Å². The predicted molar refractivity (Wildman–Crippen MR) is 66.6 cm³/mol. The van der Waals surface area contributed by atoms with Crippen LogP contribution in [0.5, 0.6) is 5.75 Å². The van der Waals surface area contributed by atoms with Crippen molar-refractivity contribution in [1.29, 1.82) is 0 Å². The molecule has 0 radical (unpaired) electrons. The van der Waals surface area contributed by atoms with E-state index < -0.39 is 0 Å². The Bertz CT molecular complexity index is 300. The van der Waals surface area contributed by atoms with Gasteiger partial charge in [-0.05, 0) is 24.9 Å². The fourth-order valence-corrected chi connectivity index (χ4v) is 1.30. The van der Waals surface area contributed by atoms with Gasteiger partial charge in [0.05, 0.1) is 12.3 Å². The van der Waals surface area contributed by atoms with Gasteiger partial charge in [-0.2, -0.15) is 0 Å². The Hall–Kier alpha value is -1.09. The maximum absolute atomic E-state index is 5.65. The van der Waals surface area contributed by atoms with Gasteiger partial charge in [-0.1, -0.05) is 20.8 Å². The topological polar surface area (TPSA) is 34.1 Å². The van der Waals surface area contributed by atoms with E-state index in [2.05, 4.69) is 31.1 Å². The molecule has 90 valence electrons. The highest BCUT2D eigenvalue weighted by atomic mass is 16.5. The van der Waals surface area contributed by atoms with Crippen LogP contribution in [0.4, 0.5) is 0 Å². The van der Waals surface area contributed by atoms with Crippen molar-refractivity contribution in [3.05, 3.63) is 24.0 Å². The molecule has 1 aromatic heterocycles. The minimum atomic E-state index is 0.551. The Labute approximate surface area is 98.2 Å². The van der Waals surface area contributed by atoms with E-state index in [0.29, 0.717) is 5.92 Å². The molecule has 0 amide bonds. The molecule has 16 heavy (non-hydrogen) atoms. The van der Waals surface area contributed by atoms with Crippen molar-refractivity contribution in [2.45, 2.75) is 33.7 Å². The van der Waals surface area contributed by atoms with E-state index in [1.54, 1.807) is 6.20 Å². The van der Waals surface area contributed by atoms with Gasteiger partial charge < -0.3 is 10.1 Å². The van der Waals surface area contributed by atoms with E-state index in [-0.39, 0.29) is 0 Å². The van der Waals surface area contributed by atoms with Crippen LogP contribution in [0.1, 0.15) is 32.9 Å². The number of pyridine rings is 1. The molecular weight excluding hydrogens is 200 g/mol. The van der Waals surface area contributed by atoms with Crippen molar-refractivity contribution in [3.8, 4) is 5.75 Å². The second-order valence-corrected chi connectivity index (χ2v) is 4.36. The largest absolute Gasteiger partial charge is 0.493 e. The highest BCUT2D eigenvalue weighted by Gasteiger charge is 1.99. The van der Waals surface area contributed by atoms with Crippen molar-refractivity contribution in [3.63, 3.8) is 0 Å². The Morgan fingerprint density at radius 2 is 2.25 bits per heavy atom. The van der Waals surface area contributed by atoms with Crippen LogP contribution in [0.3, 0.4) is 0 Å². The molecule has 0 aliphatic heterocycles. The van der Waals surface area contributed by atoms with Gasteiger partial charge >= 0.3 is 0 Å². The molecule has 0 spiro atoms. The Balaban J connectivity index is 2.43. The zero-order chi connectivity index (χ0) is 11.8. The van der Waals surface area contributed by atoms with Gasteiger partial charge in [-0.15, -0.1) is 0 Å². The van der Waals surface area contributed by atoms with Gasteiger partial charge in [0.2, 0.25) is 0 Å². The molecule has 0 aromatic carbocycles. The minimum absolute atomic E-state index is 0.551. The molecule has 0 unspecified atom stereocenters. The molecule has 0 saturated heterocycles. The highest BCUT2D eigenvalue weighted by molar-refractivity contribution is 5.22. The maximum Gasteiger partial charge on any atom is 0.122 e. The van der Waals surface area contributed by atoms with Crippen LogP contribution < -0.4 is 10.1 Å². The molecular formula is C13H22N2O. The zero-order valence-corrected chi connectivity index (χ0v) is 10.5. The normalized spacial score (nSPS) is 10.8. The number of aromatic nitrogens is 1. The van der Waals surface area contributed by atoms with Gasteiger partial charge in [-0.3, -0.25) is 4.98 Å². The average molecular weight is 222 g/mol. The number of ether oxygens (including phenoxy) is 1. The SMILES string of the molecule is CCCNCc1cc(OCC(C)C)ccn1. The number of nitrogens with one attached hydrogen (secondary N) is 1. The molecule has 1 N–H and O–H groups in total. The van der Waals surface area contributed by atoms with E-state index in [9.17, 15) is 0 Å². The van der Waals surface area contributed by atoms with Crippen molar-refractivity contribution >= 4 is 0 Å². The first-order valence-electron chi connectivity index (χ1n) is 6.00. The maximum atomic E-state index is 5.65. The van der Waals surface area contributed by atoms with Crippen LogP contribution in [0.15, 0.2) is 18.3 Å². The third-order valence-corrected chi connectivity index (χ3v) is 2.10. The van der Waals surface area contributed by atoms with Gasteiger partial charge in [0.15, 0.2) is 0 Å². The van der Waals surface area contributed by atoms with Crippen LogP contribution in [0.2, 0.25) is 0 Å². The molecule has 0 aliphatic rings. The van der Waals surface area contributed by atoms with Crippen LogP contribution >= 0.6 is 0 Å². The first-order valence-corrected chi connectivity index (χ1v) is 6.00. The van der Waals surface area contributed by atoms with Crippen molar-refractivity contribution in [1.82, 2.24) is 10.3 Å². The number of hydrogen-bond acceptors (Lipinski definition) is 3. The molecule has 0 fully saturated rings. The summed E-state index contributed by atoms with van der Waals surface area (Å²) in [6, 6.07) is 3.91. The van der Waals surface area contributed by atoms with Crippen molar-refractivity contribution in [2.24, 2.45) is 5.92 Å². The summed E-state index contributed by atoms with van der Waals surface area (Å²) in [7, 11) is 0. The highest BCUT2D eigenvalue weighted by Crippen LogP contribution is 2.12. The first kappa shape index (κ1) is 13.0. The van der Waals surface area contributed by atoms with Gasteiger partial charge in [0.25, 0.3) is 0 Å². The van der Waals surface area contributed by atoms with E-state index in [0.717, 1.165) is 37.6 Å². The molecule has 0 atom stereocenters. The summed E-state index contributed by atoms with van der Waals surface area (Å²) < 4.78 is 5.65. The van der Waals surface area contributed by atoms with Crippen molar-refractivity contribution in [2.75, 3.05) is 13.2 Å². The fourth-order valence-electron chi connectivity index (χ4n) is 1.30. The number of nitrogens with zero attached hydrogens (tertiary/aromatic N) is 1. The van der Waals surface area contributed by atoms with Gasteiger partial charge in [-0.25, -0.2) is 0 Å². The quantitative estimate of drug-likeness (QED) is 0.720. The lowest BCUT2D eigenvalue weighted by molar-refractivity contribution is 0.270. The molecule has 1 heterocycles. The summed E-state index contributed by atoms with van der Waals surface area (Å²) in [6.45, 7) is 9.04. The molecule has 1 aromatic rings. The monoisotopic (exact) mass is 222 g/mol. The Kier molecular flexibility index (Phi) is 5.86. The molecule has 0 bridgehead atoms. The summed E-state index contributed by atoms with van der Waals surface area (Å²) in [5, 5.41) is 3.33. The van der Waals surface area contributed by atoms with Crippen LogP contribution in [-0.4, -0.2) is 18.1 Å². The third kappa shape index (κ3) is 5.12. The lowest BCUT2D eigenvalue weighted by Crippen LogP contribution is -2.14. The lowest BCUT2D eigenvalue weighted by Gasteiger charge is -2.09. The fraction of sp³-hybridized carbons (Fsp3) is 0.615. The molecule has 0 aliphatic carbocycles. The summed E-state index contributed by atoms with van der Waals surface area (Å²) >= 11 is 0. The van der Waals surface area contributed by atoms with E-state index in [1.165, 1.54) is 0 Å². The molecule has 3 heteroatoms. The zero-order valence-electron chi connectivity index (χ0n) is 10.5. The van der Waals surface area contributed by atoms with Gasteiger partial charge in [0.1, 0.15) is 5.75 Å². The number of rotatable bonds is 7. The molecule has 0 saturated carbocycles. The van der Waals surface area contributed by atoms with Crippen LogP contribution in [0, 0.1) is 5.92 Å². The second kappa shape index (κ2) is 7.23. The lowest BCUT2D eigenvalue weighted by atomic mass is 10.2. The van der Waals surface area contributed by atoms with E-state index in [4.69, 9.17) is 4.74 Å². The predicted octanol–water partition coefficient (Wildman–Crippen LogP) is 2.62. The van der Waals surface area contributed by atoms with E-state index in [1.807, 2.05) is 12.1 Å². The standard InChI is InChI=1S/C13H22N2O/c1-4-6-14-9-12-8-13(5-7-15-12)16-10-11(2)3/h5,7-8,11,14H,4,6,9-10H2,1-3H3. The summed E-state index contributed by atoms with van der Waals surface area (Å²) in [5.74, 6) is 1.46. The van der Waals surface area contributed by atoms with Gasteiger partial charge in [0, 0.05) is 18.8 Å².